The summed E-state index contributed by atoms with van der Waals surface area (Å²) < 4.78 is 69.7. The molecule has 1 unspecified atom stereocenters. The lowest BCUT2D eigenvalue weighted by atomic mass is 9.98. The van der Waals surface area contributed by atoms with Crippen molar-refractivity contribution < 1.29 is 31.5 Å². The Hall–Kier alpha value is -2.17. The number of hydrogen-bond acceptors (Lipinski definition) is 3. The predicted octanol–water partition coefficient (Wildman–Crippen LogP) is 2.55. The molecule has 0 saturated carbocycles. The van der Waals surface area contributed by atoms with Crippen LogP contribution in [0.1, 0.15) is 18.4 Å². The van der Waals surface area contributed by atoms with Gasteiger partial charge in [0, 0.05) is 0 Å². The van der Waals surface area contributed by atoms with Crippen LogP contribution in [0.25, 0.3) is 0 Å². The maximum absolute atomic E-state index is 13.4. The number of nitrogens with zero attached hydrogens (tertiary/aromatic N) is 1. The maximum atomic E-state index is 13.4. The molecule has 0 amide bonds. The van der Waals surface area contributed by atoms with Gasteiger partial charge in [0.15, 0.2) is 29.2 Å². The minimum absolute atomic E-state index is 0.216. The minimum atomic E-state index is -2.36. The highest BCUT2D eigenvalue weighted by Crippen LogP contribution is 2.29. The van der Waals surface area contributed by atoms with E-state index in [9.17, 15) is 26.7 Å². The summed E-state index contributed by atoms with van der Waals surface area (Å²) in [7, 11) is 0. The lowest BCUT2D eigenvalue weighted by molar-refractivity contribution is -0.143. The van der Waals surface area contributed by atoms with E-state index in [4.69, 9.17) is 5.26 Å². The topological polar surface area (TPSA) is 50.1 Å². The molecule has 0 fully saturated rings. The Labute approximate surface area is 104 Å². The van der Waals surface area contributed by atoms with Crippen molar-refractivity contribution in [2.45, 2.75) is 12.8 Å². The summed E-state index contributed by atoms with van der Waals surface area (Å²) in [6.45, 7) is 1.14. The zero-order chi connectivity index (χ0) is 14.7. The molecule has 8 heteroatoms. The van der Waals surface area contributed by atoms with E-state index >= 15 is 0 Å². The number of hydrogen-bond donors (Lipinski definition) is 0. The van der Waals surface area contributed by atoms with Crippen LogP contribution in [-0.2, 0) is 9.53 Å². The van der Waals surface area contributed by atoms with E-state index in [1.807, 2.05) is 0 Å². The lowest BCUT2D eigenvalue weighted by Gasteiger charge is -2.12. The van der Waals surface area contributed by atoms with E-state index in [0.717, 1.165) is 6.07 Å². The molecular weight excluding hydrogens is 273 g/mol. The zero-order valence-electron chi connectivity index (χ0n) is 9.44. The molecule has 19 heavy (non-hydrogen) atoms. The third kappa shape index (κ3) is 2.50. The quantitative estimate of drug-likeness (QED) is 0.370. The Morgan fingerprint density at radius 2 is 1.53 bits per heavy atom. The molecule has 0 aliphatic carbocycles. The van der Waals surface area contributed by atoms with Crippen molar-refractivity contribution in [2.24, 2.45) is 0 Å². The van der Waals surface area contributed by atoms with Gasteiger partial charge < -0.3 is 4.74 Å². The number of benzene rings is 1. The fourth-order valence-corrected chi connectivity index (χ4v) is 1.34. The molecule has 1 aromatic rings. The number of rotatable bonds is 3. The number of halogens is 5. The largest absolute Gasteiger partial charge is 0.465 e. The van der Waals surface area contributed by atoms with Crippen molar-refractivity contribution in [3.63, 3.8) is 0 Å². The third-order valence-electron chi connectivity index (χ3n) is 2.18. The van der Waals surface area contributed by atoms with Crippen molar-refractivity contribution in [2.75, 3.05) is 6.61 Å². The molecule has 1 aromatic carbocycles. The van der Waals surface area contributed by atoms with Gasteiger partial charge in [0.25, 0.3) is 0 Å². The fraction of sp³-hybridized carbons (Fsp3) is 0.273. The molecule has 3 nitrogen and oxygen atoms in total. The Bertz CT molecular complexity index is 538. The van der Waals surface area contributed by atoms with Crippen LogP contribution in [0, 0.1) is 40.4 Å². The van der Waals surface area contributed by atoms with Gasteiger partial charge in [-0.1, -0.05) is 0 Å². The highest BCUT2D eigenvalue weighted by molar-refractivity contribution is 5.81. The van der Waals surface area contributed by atoms with Gasteiger partial charge in [-0.3, -0.25) is 4.79 Å². The van der Waals surface area contributed by atoms with Gasteiger partial charge in [-0.25, -0.2) is 22.0 Å². The first-order valence-electron chi connectivity index (χ1n) is 4.94. The average molecular weight is 279 g/mol. The van der Waals surface area contributed by atoms with E-state index in [1.54, 1.807) is 0 Å². The highest BCUT2D eigenvalue weighted by Gasteiger charge is 2.34. The summed E-state index contributed by atoms with van der Waals surface area (Å²) in [6, 6.07) is 1.15. The molecule has 1 atom stereocenters. The number of nitriles is 1. The van der Waals surface area contributed by atoms with E-state index in [-0.39, 0.29) is 6.61 Å². The summed E-state index contributed by atoms with van der Waals surface area (Å²) in [5.74, 6) is -14.9. The molecule has 0 aromatic heterocycles. The van der Waals surface area contributed by atoms with Crippen LogP contribution in [0.2, 0.25) is 0 Å². The normalized spacial score (nSPS) is 11.8. The smallest absolute Gasteiger partial charge is 0.328 e. The molecule has 0 aliphatic heterocycles. The SMILES string of the molecule is CCOC(=O)C(C#N)c1c(F)c(F)c(F)c(F)c1F. The summed E-state index contributed by atoms with van der Waals surface area (Å²) in [4.78, 5) is 11.3. The van der Waals surface area contributed by atoms with E-state index in [0.29, 0.717) is 0 Å². The molecule has 0 spiro atoms. The van der Waals surface area contributed by atoms with E-state index in [1.165, 1.54) is 6.92 Å². The third-order valence-corrected chi connectivity index (χ3v) is 2.18. The van der Waals surface area contributed by atoms with Crippen LogP contribution >= 0.6 is 0 Å². The van der Waals surface area contributed by atoms with Crippen LogP contribution in [0.3, 0.4) is 0 Å². The number of carbonyl (C=O) groups excluding carboxylic acids is 1. The standard InChI is InChI=1S/C11H6F5NO2/c1-2-19-11(18)4(3-17)5-6(12)8(14)10(16)9(15)7(5)13/h4H,2H2,1H3. The summed E-state index contributed by atoms with van der Waals surface area (Å²) in [6.07, 6.45) is 0. The number of carbonyl (C=O) groups is 1. The molecule has 102 valence electrons. The Balaban J connectivity index is 3.50. The molecule has 0 heterocycles. The monoisotopic (exact) mass is 279 g/mol. The van der Waals surface area contributed by atoms with Crippen molar-refractivity contribution in [1.29, 1.82) is 5.26 Å². The Kier molecular flexibility index (Phi) is 4.43. The van der Waals surface area contributed by atoms with Crippen LogP contribution in [0.4, 0.5) is 22.0 Å². The van der Waals surface area contributed by atoms with Gasteiger partial charge in [0.2, 0.25) is 5.82 Å². The van der Waals surface area contributed by atoms with Crippen molar-refractivity contribution in [3.8, 4) is 6.07 Å². The second-order valence-corrected chi connectivity index (χ2v) is 3.30. The van der Waals surface area contributed by atoms with Gasteiger partial charge in [0.1, 0.15) is 0 Å². The molecule has 0 aliphatic rings. The molecular formula is C11H6F5NO2. The van der Waals surface area contributed by atoms with Crippen LogP contribution in [-0.4, -0.2) is 12.6 Å². The molecule has 0 bridgehead atoms. The van der Waals surface area contributed by atoms with Gasteiger partial charge in [-0.15, -0.1) is 0 Å². The summed E-state index contributed by atoms with van der Waals surface area (Å²) >= 11 is 0. The van der Waals surface area contributed by atoms with Gasteiger partial charge >= 0.3 is 5.97 Å². The lowest BCUT2D eigenvalue weighted by Crippen LogP contribution is -2.19. The van der Waals surface area contributed by atoms with E-state index < -0.39 is 46.5 Å². The molecule has 0 N–H and O–H groups in total. The number of ether oxygens (including phenoxy) is 1. The maximum Gasteiger partial charge on any atom is 0.328 e. The van der Waals surface area contributed by atoms with Crippen LogP contribution < -0.4 is 0 Å². The molecule has 0 saturated heterocycles. The fourth-order valence-electron chi connectivity index (χ4n) is 1.34. The molecule has 1 rings (SSSR count). The summed E-state index contributed by atoms with van der Waals surface area (Å²) in [5, 5.41) is 8.65. The second kappa shape index (κ2) is 5.65. The van der Waals surface area contributed by atoms with Gasteiger partial charge in [-0.05, 0) is 6.92 Å². The first kappa shape index (κ1) is 14.9. The van der Waals surface area contributed by atoms with E-state index in [2.05, 4.69) is 4.74 Å². The van der Waals surface area contributed by atoms with Crippen molar-refractivity contribution in [3.05, 3.63) is 34.6 Å². The summed E-state index contributed by atoms with van der Waals surface area (Å²) in [5.41, 5.74) is -1.52. The minimum Gasteiger partial charge on any atom is -0.465 e. The van der Waals surface area contributed by atoms with Crippen molar-refractivity contribution in [1.82, 2.24) is 0 Å². The first-order chi connectivity index (χ1) is 8.86. The van der Waals surface area contributed by atoms with Gasteiger partial charge in [-0.2, -0.15) is 5.26 Å². The zero-order valence-corrected chi connectivity index (χ0v) is 9.44. The molecule has 0 radical (unpaired) electrons. The Morgan fingerprint density at radius 1 is 1.11 bits per heavy atom. The van der Waals surface area contributed by atoms with Crippen molar-refractivity contribution >= 4 is 5.97 Å². The van der Waals surface area contributed by atoms with Gasteiger partial charge in [0.05, 0.1) is 18.2 Å². The van der Waals surface area contributed by atoms with Crippen LogP contribution in [0.5, 0.6) is 0 Å². The first-order valence-corrected chi connectivity index (χ1v) is 4.94. The number of esters is 1. The predicted molar refractivity (Wildman–Crippen MR) is 51.2 cm³/mol. The highest BCUT2D eigenvalue weighted by atomic mass is 19.2. The Morgan fingerprint density at radius 3 is 1.89 bits per heavy atom. The second-order valence-electron chi connectivity index (χ2n) is 3.30. The average Bonchev–Trinajstić information content (AvgIpc) is 2.39. The van der Waals surface area contributed by atoms with Crippen LogP contribution in [0.15, 0.2) is 0 Å².